The van der Waals surface area contributed by atoms with E-state index >= 15 is 0 Å². The molecule has 0 radical (unpaired) electrons. The smallest absolute Gasteiger partial charge is 0.180 e. The van der Waals surface area contributed by atoms with Crippen LogP contribution in [0.1, 0.15) is 17.4 Å². The second-order valence-corrected chi connectivity index (χ2v) is 3.45. The minimum Gasteiger partial charge on any atom is -0.461 e. The Morgan fingerprint density at radius 1 is 1.27 bits per heavy atom. The van der Waals surface area contributed by atoms with Crippen molar-refractivity contribution in [1.82, 2.24) is 0 Å². The van der Waals surface area contributed by atoms with Gasteiger partial charge in [0, 0.05) is 0 Å². The Balaban J connectivity index is 2.37. The Morgan fingerprint density at radius 2 is 1.93 bits per heavy atom. The van der Waals surface area contributed by atoms with Crippen LogP contribution < -0.4 is 0 Å². The number of furan rings is 1. The van der Waals surface area contributed by atoms with Crippen LogP contribution in [0, 0.1) is 5.82 Å². The van der Waals surface area contributed by atoms with Gasteiger partial charge in [0.25, 0.3) is 0 Å². The van der Waals surface area contributed by atoms with Gasteiger partial charge in [-0.05, 0) is 5.56 Å². The van der Waals surface area contributed by atoms with Gasteiger partial charge in [0.1, 0.15) is 17.4 Å². The van der Waals surface area contributed by atoms with Gasteiger partial charge in [-0.25, -0.2) is 4.39 Å². The van der Waals surface area contributed by atoms with Gasteiger partial charge in [-0.15, -0.1) is 0 Å². The zero-order chi connectivity index (χ0) is 10.8. The molecule has 0 spiro atoms. The lowest BCUT2D eigenvalue weighted by atomic mass is 10.1. The van der Waals surface area contributed by atoms with Gasteiger partial charge in [-0.2, -0.15) is 0 Å². The highest BCUT2D eigenvalue weighted by molar-refractivity contribution is 6.31. The molecule has 0 aliphatic carbocycles. The second kappa shape index (κ2) is 4.04. The third-order valence-corrected chi connectivity index (χ3v) is 2.45. The number of hydrogen-bond donors (Lipinski definition) is 1. The van der Waals surface area contributed by atoms with Crippen LogP contribution in [-0.4, -0.2) is 5.11 Å². The third kappa shape index (κ3) is 1.89. The molecule has 0 amide bonds. The van der Waals surface area contributed by atoms with Crippen LogP contribution in [0.25, 0.3) is 0 Å². The summed E-state index contributed by atoms with van der Waals surface area (Å²) in [4.78, 5) is 0. The number of halogens is 2. The van der Waals surface area contributed by atoms with Gasteiger partial charge in [-0.3, -0.25) is 0 Å². The van der Waals surface area contributed by atoms with Gasteiger partial charge >= 0.3 is 0 Å². The van der Waals surface area contributed by atoms with Crippen LogP contribution >= 0.6 is 11.6 Å². The average molecular weight is 227 g/mol. The highest BCUT2D eigenvalue weighted by atomic mass is 35.5. The first-order chi connectivity index (χ1) is 7.20. The lowest BCUT2D eigenvalue weighted by Crippen LogP contribution is -1.98. The van der Waals surface area contributed by atoms with E-state index in [1.54, 1.807) is 24.3 Å². The van der Waals surface area contributed by atoms with Crippen LogP contribution in [0.4, 0.5) is 4.39 Å². The molecule has 0 aliphatic heterocycles. The highest BCUT2D eigenvalue weighted by Gasteiger charge is 2.20. The predicted octanol–water partition coefficient (Wildman–Crippen LogP) is 3.15. The summed E-state index contributed by atoms with van der Waals surface area (Å²) >= 11 is 5.62. The van der Waals surface area contributed by atoms with Gasteiger partial charge in [-0.1, -0.05) is 41.9 Å². The summed E-state index contributed by atoms with van der Waals surface area (Å²) in [7, 11) is 0. The van der Waals surface area contributed by atoms with Gasteiger partial charge in [0.2, 0.25) is 0 Å². The molecule has 78 valence electrons. The molecule has 4 heteroatoms. The van der Waals surface area contributed by atoms with Gasteiger partial charge in [0.05, 0.1) is 0 Å². The van der Waals surface area contributed by atoms with Gasteiger partial charge in [0.15, 0.2) is 11.6 Å². The molecule has 2 aromatic rings. The van der Waals surface area contributed by atoms with Crippen LogP contribution in [0.3, 0.4) is 0 Å². The van der Waals surface area contributed by atoms with E-state index in [0.717, 1.165) is 6.26 Å². The van der Waals surface area contributed by atoms with Crippen molar-refractivity contribution in [2.24, 2.45) is 0 Å². The minimum absolute atomic E-state index is 0.0281. The zero-order valence-corrected chi connectivity index (χ0v) is 8.41. The van der Waals surface area contributed by atoms with Crippen LogP contribution in [-0.2, 0) is 0 Å². The number of benzene rings is 1. The van der Waals surface area contributed by atoms with Crippen LogP contribution in [0.5, 0.6) is 0 Å². The quantitative estimate of drug-likeness (QED) is 0.853. The Labute approximate surface area is 90.9 Å². The largest absolute Gasteiger partial charge is 0.461 e. The Bertz CT molecular complexity index is 453. The molecule has 1 aromatic carbocycles. The fourth-order valence-electron chi connectivity index (χ4n) is 1.31. The summed E-state index contributed by atoms with van der Waals surface area (Å²) < 4.78 is 17.7. The summed E-state index contributed by atoms with van der Waals surface area (Å²) in [5.74, 6) is -0.637. The number of aliphatic hydroxyl groups is 1. The normalized spacial score (nSPS) is 12.7. The summed E-state index contributed by atoms with van der Waals surface area (Å²) in [5, 5.41) is 9.67. The minimum atomic E-state index is -1.04. The van der Waals surface area contributed by atoms with Crippen molar-refractivity contribution in [3.05, 3.63) is 58.8 Å². The fourth-order valence-corrected chi connectivity index (χ4v) is 1.50. The van der Waals surface area contributed by atoms with Crippen LogP contribution in [0.2, 0.25) is 5.02 Å². The average Bonchev–Trinajstić information content (AvgIpc) is 2.60. The third-order valence-electron chi connectivity index (χ3n) is 2.08. The Hall–Kier alpha value is -1.32. The molecule has 1 aromatic heterocycles. The number of aliphatic hydroxyl groups excluding tert-OH is 1. The molecule has 2 rings (SSSR count). The molecule has 1 atom stereocenters. The molecular formula is C11H8ClFO2. The maximum absolute atomic E-state index is 12.9. The summed E-state index contributed by atoms with van der Waals surface area (Å²) in [6, 6.07) is 8.78. The van der Waals surface area contributed by atoms with E-state index in [1.807, 2.05) is 6.07 Å². The van der Waals surface area contributed by atoms with E-state index in [-0.39, 0.29) is 10.8 Å². The molecule has 2 nitrogen and oxygen atoms in total. The molecule has 0 aliphatic rings. The SMILES string of the molecule is OC(c1ccccc1)c1occ(F)c1Cl. The van der Waals surface area contributed by atoms with Crippen molar-refractivity contribution in [3.8, 4) is 0 Å². The molecule has 1 N–H and O–H groups in total. The fraction of sp³-hybridized carbons (Fsp3) is 0.0909. The van der Waals surface area contributed by atoms with Crippen molar-refractivity contribution in [2.45, 2.75) is 6.10 Å². The number of hydrogen-bond acceptors (Lipinski definition) is 2. The first-order valence-corrected chi connectivity index (χ1v) is 4.73. The molecule has 0 saturated heterocycles. The van der Waals surface area contributed by atoms with E-state index in [9.17, 15) is 9.50 Å². The molecule has 15 heavy (non-hydrogen) atoms. The lowest BCUT2D eigenvalue weighted by Gasteiger charge is -2.07. The van der Waals surface area contributed by atoms with E-state index in [0.29, 0.717) is 5.56 Å². The summed E-state index contributed by atoms with van der Waals surface area (Å²) in [5.41, 5.74) is 0.605. The van der Waals surface area contributed by atoms with Crippen molar-refractivity contribution in [2.75, 3.05) is 0 Å². The first-order valence-electron chi connectivity index (χ1n) is 4.35. The van der Waals surface area contributed by atoms with E-state index < -0.39 is 11.9 Å². The zero-order valence-electron chi connectivity index (χ0n) is 7.65. The molecule has 0 saturated carbocycles. The Kier molecular flexibility index (Phi) is 2.75. The Morgan fingerprint density at radius 3 is 2.47 bits per heavy atom. The maximum atomic E-state index is 12.9. The maximum Gasteiger partial charge on any atom is 0.180 e. The molecule has 0 fully saturated rings. The van der Waals surface area contributed by atoms with Crippen LogP contribution in [0.15, 0.2) is 41.0 Å². The van der Waals surface area contributed by atoms with E-state index in [4.69, 9.17) is 16.0 Å². The standard InChI is InChI=1S/C11H8ClFO2/c12-9-8(13)6-15-11(9)10(14)7-4-2-1-3-5-7/h1-6,10,14H. The van der Waals surface area contributed by atoms with Crippen molar-refractivity contribution >= 4 is 11.6 Å². The lowest BCUT2D eigenvalue weighted by molar-refractivity contribution is 0.189. The molecule has 1 heterocycles. The topological polar surface area (TPSA) is 33.4 Å². The monoisotopic (exact) mass is 226 g/mol. The van der Waals surface area contributed by atoms with E-state index in [1.165, 1.54) is 0 Å². The van der Waals surface area contributed by atoms with Gasteiger partial charge < -0.3 is 9.52 Å². The summed E-state index contributed by atoms with van der Waals surface area (Å²) in [6.45, 7) is 0. The number of rotatable bonds is 2. The first kappa shape index (κ1) is 10.2. The van der Waals surface area contributed by atoms with Crippen molar-refractivity contribution in [1.29, 1.82) is 0 Å². The van der Waals surface area contributed by atoms with Crippen molar-refractivity contribution in [3.63, 3.8) is 0 Å². The molecular weight excluding hydrogens is 219 g/mol. The predicted molar refractivity (Wildman–Crippen MR) is 54.2 cm³/mol. The second-order valence-electron chi connectivity index (χ2n) is 3.08. The molecule has 1 unspecified atom stereocenters. The molecule has 0 bridgehead atoms. The summed E-state index contributed by atoms with van der Waals surface area (Å²) in [6.07, 6.45) is -0.160. The van der Waals surface area contributed by atoms with E-state index in [2.05, 4.69) is 0 Å². The highest BCUT2D eigenvalue weighted by Crippen LogP contribution is 2.31. The van der Waals surface area contributed by atoms with Crippen molar-refractivity contribution < 1.29 is 13.9 Å².